The van der Waals surface area contributed by atoms with Crippen molar-refractivity contribution in [3.05, 3.63) is 57.1 Å². The third-order valence-corrected chi connectivity index (χ3v) is 4.17. The summed E-state index contributed by atoms with van der Waals surface area (Å²) < 4.78 is 1.26. The maximum absolute atomic E-state index is 3.67. The molecule has 0 saturated carbocycles. The number of fused-ring (bicyclic) bond motifs is 5. The fourth-order valence-corrected chi connectivity index (χ4v) is 3.55. The molecule has 1 aromatic rings. The van der Waals surface area contributed by atoms with Crippen LogP contribution in [0.4, 0.5) is 0 Å². The average Bonchev–Trinajstić information content (AvgIpc) is 2.73. The lowest BCUT2D eigenvalue weighted by Gasteiger charge is -2.10. The number of rotatable bonds is 0. The Labute approximate surface area is 98.8 Å². The summed E-state index contributed by atoms with van der Waals surface area (Å²) in [7, 11) is 0. The van der Waals surface area contributed by atoms with E-state index in [0.717, 1.165) is 0 Å². The summed E-state index contributed by atoms with van der Waals surface area (Å²) in [5.74, 6) is 1.08. The van der Waals surface area contributed by atoms with Gasteiger partial charge in [0.1, 0.15) is 0 Å². The van der Waals surface area contributed by atoms with E-state index in [1.54, 1.807) is 5.57 Å². The van der Waals surface area contributed by atoms with Crippen LogP contribution < -0.4 is 0 Å². The summed E-state index contributed by atoms with van der Waals surface area (Å²) in [5, 5.41) is 0. The monoisotopic (exact) mass is 260 g/mol. The molecule has 0 nitrogen and oxygen atoms in total. The lowest BCUT2D eigenvalue weighted by atomic mass is 9.97. The smallest absolute Gasteiger partial charge is 0.0254 e. The lowest BCUT2D eigenvalue weighted by molar-refractivity contribution is 0.991. The zero-order chi connectivity index (χ0) is 10.6. The van der Waals surface area contributed by atoms with Gasteiger partial charge in [-0.05, 0) is 36.6 Å². The highest BCUT2D eigenvalue weighted by Crippen LogP contribution is 2.55. The highest BCUT2D eigenvalue weighted by Gasteiger charge is 2.38. The van der Waals surface area contributed by atoms with Crippen LogP contribution in [-0.4, -0.2) is 0 Å². The summed E-state index contributed by atoms with van der Waals surface area (Å²) in [6.07, 6.45) is 4.70. The Balaban J connectivity index is 2.29. The van der Waals surface area contributed by atoms with Crippen LogP contribution in [0, 0.1) is 0 Å². The largest absolute Gasteiger partial charge is 0.0760 e. The van der Waals surface area contributed by atoms with Crippen LogP contribution in [0.25, 0.3) is 0 Å². The van der Waals surface area contributed by atoms with Crippen molar-refractivity contribution in [2.45, 2.75) is 25.7 Å². The van der Waals surface area contributed by atoms with Gasteiger partial charge in [0.15, 0.2) is 0 Å². The van der Waals surface area contributed by atoms with Gasteiger partial charge in [0.2, 0.25) is 0 Å². The minimum absolute atomic E-state index is 0.533. The lowest BCUT2D eigenvalue weighted by Crippen LogP contribution is -1.93. The maximum Gasteiger partial charge on any atom is 0.0254 e. The van der Waals surface area contributed by atoms with Crippen LogP contribution in [-0.2, 0) is 0 Å². The fourth-order valence-electron chi connectivity index (χ4n) is 2.92. The van der Waals surface area contributed by atoms with Gasteiger partial charge in [0.05, 0.1) is 0 Å². The first-order chi connectivity index (χ1) is 7.20. The first-order valence-electron chi connectivity index (χ1n) is 5.34. The van der Waals surface area contributed by atoms with Gasteiger partial charge in [-0.2, -0.15) is 0 Å². The summed E-state index contributed by atoms with van der Waals surface area (Å²) in [4.78, 5) is 0. The third kappa shape index (κ3) is 1.13. The van der Waals surface area contributed by atoms with E-state index in [-0.39, 0.29) is 0 Å². The summed E-state index contributed by atoms with van der Waals surface area (Å²) in [5.41, 5.74) is 6.05. The van der Waals surface area contributed by atoms with Crippen molar-refractivity contribution in [1.82, 2.24) is 0 Å². The second-order valence-corrected chi connectivity index (χ2v) is 5.39. The number of allylic oxidation sites excluding steroid dienone is 4. The minimum Gasteiger partial charge on any atom is -0.0760 e. The van der Waals surface area contributed by atoms with Crippen molar-refractivity contribution >= 4 is 15.9 Å². The Bertz CT molecular complexity index is 490. The van der Waals surface area contributed by atoms with Gasteiger partial charge < -0.3 is 0 Å². The van der Waals surface area contributed by atoms with Gasteiger partial charge in [-0.25, -0.2) is 0 Å². The average molecular weight is 261 g/mol. The van der Waals surface area contributed by atoms with E-state index in [4.69, 9.17) is 0 Å². The Morgan fingerprint density at radius 2 is 1.87 bits per heavy atom. The predicted molar refractivity (Wildman–Crippen MR) is 67.1 cm³/mol. The Morgan fingerprint density at radius 1 is 1.13 bits per heavy atom. The first kappa shape index (κ1) is 9.41. The van der Waals surface area contributed by atoms with E-state index in [1.165, 1.54) is 21.2 Å². The summed E-state index contributed by atoms with van der Waals surface area (Å²) in [6, 6.07) is 6.55. The summed E-state index contributed by atoms with van der Waals surface area (Å²) >= 11 is 3.67. The van der Waals surface area contributed by atoms with Crippen LogP contribution in [0.1, 0.15) is 36.8 Å². The van der Waals surface area contributed by atoms with Gasteiger partial charge in [-0.3, -0.25) is 0 Å². The highest BCUT2D eigenvalue weighted by atomic mass is 79.9. The van der Waals surface area contributed by atoms with Crippen molar-refractivity contribution in [2.75, 3.05) is 0 Å². The maximum atomic E-state index is 3.67. The number of hydrogen-bond acceptors (Lipinski definition) is 0. The van der Waals surface area contributed by atoms with Crippen LogP contribution in [0.5, 0.6) is 0 Å². The molecule has 0 N–H and O–H groups in total. The topological polar surface area (TPSA) is 0 Å². The molecule has 0 heterocycles. The fraction of sp³-hybridized carbons (Fsp3) is 0.286. The third-order valence-electron chi connectivity index (χ3n) is 3.48. The highest BCUT2D eigenvalue weighted by molar-refractivity contribution is 9.10. The van der Waals surface area contributed by atoms with E-state index in [9.17, 15) is 0 Å². The molecular weight excluding hydrogens is 248 g/mol. The molecule has 0 saturated heterocycles. The van der Waals surface area contributed by atoms with Crippen molar-refractivity contribution < 1.29 is 0 Å². The molecule has 2 bridgehead atoms. The van der Waals surface area contributed by atoms with Gasteiger partial charge in [0, 0.05) is 16.3 Å². The normalized spacial score (nSPS) is 25.9. The van der Waals surface area contributed by atoms with E-state index in [1.807, 2.05) is 0 Å². The molecule has 1 aromatic carbocycles. The quantitative estimate of drug-likeness (QED) is 0.601. The molecular formula is C14H13Br. The molecule has 2 unspecified atom stereocenters. The second kappa shape index (κ2) is 3.08. The van der Waals surface area contributed by atoms with Crippen LogP contribution in [0.2, 0.25) is 0 Å². The molecule has 0 aliphatic heterocycles. The van der Waals surface area contributed by atoms with Gasteiger partial charge in [0.25, 0.3) is 0 Å². The Morgan fingerprint density at radius 3 is 2.53 bits per heavy atom. The standard InChI is InChI=1S/C14H13Br/c1-8(2)13-10-6-7-11(13)14-9(10)4-3-5-12(14)15/h3-7,10-11H,1-2H3. The van der Waals surface area contributed by atoms with Gasteiger partial charge in [-0.1, -0.05) is 45.8 Å². The van der Waals surface area contributed by atoms with Gasteiger partial charge >= 0.3 is 0 Å². The zero-order valence-corrected chi connectivity index (χ0v) is 10.5. The molecule has 76 valence electrons. The second-order valence-electron chi connectivity index (χ2n) is 4.54. The zero-order valence-electron chi connectivity index (χ0n) is 8.92. The van der Waals surface area contributed by atoms with Crippen LogP contribution in [0.3, 0.4) is 0 Å². The Kier molecular flexibility index (Phi) is 1.93. The van der Waals surface area contributed by atoms with E-state index in [2.05, 4.69) is 60.1 Å². The summed E-state index contributed by atoms with van der Waals surface area (Å²) in [6.45, 7) is 4.45. The van der Waals surface area contributed by atoms with Crippen LogP contribution >= 0.6 is 15.9 Å². The number of benzene rings is 1. The van der Waals surface area contributed by atoms with E-state index >= 15 is 0 Å². The SMILES string of the molecule is CC(C)=C1C2C=CC1c1c(Br)cccc12. The Hall–Kier alpha value is -0.820. The molecule has 0 radical (unpaired) electrons. The van der Waals surface area contributed by atoms with E-state index < -0.39 is 0 Å². The molecule has 3 rings (SSSR count). The molecule has 0 fully saturated rings. The first-order valence-corrected chi connectivity index (χ1v) is 6.13. The van der Waals surface area contributed by atoms with Crippen molar-refractivity contribution in [1.29, 1.82) is 0 Å². The molecule has 2 aliphatic carbocycles. The molecule has 0 spiro atoms. The van der Waals surface area contributed by atoms with Crippen molar-refractivity contribution in [2.24, 2.45) is 0 Å². The van der Waals surface area contributed by atoms with Crippen molar-refractivity contribution in [3.8, 4) is 0 Å². The molecule has 2 aliphatic rings. The molecule has 1 heteroatoms. The molecule has 0 aromatic heterocycles. The van der Waals surface area contributed by atoms with Gasteiger partial charge in [-0.15, -0.1) is 0 Å². The van der Waals surface area contributed by atoms with Crippen LogP contribution in [0.15, 0.2) is 46.0 Å². The predicted octanol–water partition coefficient (Wildman–Crippen LogP) is 4.54. The number of hydrogen-bond donors (Lipinski definition) is 0. The molecule has 2 atom stereocenters. The molecule has 0 amide bonds. The van der Waals surface area contributed by atoms with E-state index in [0.29, 0.717) is 11.8 Å². The minimum atomic E-state index is 0.533. The van der Waals surface area contributed by atoms with Crippen molar-refractivity contribution in [3.63, 3.8) is 0 Å². The number of halogens is 1. The molecule has 15 heavy (non-hydrogen) atoms.